The summed E-state index contributed by atoms with van der Waals surface area (Å²) in [6.45, 7) is 0. The highest BCUT2D eigenvalue weighted by molar-refractivity contribution is 7.21. The van der Waals surface area contributed by atoms with Crippen molar-refractivity contribution in [1.29, 1.82) is 0 Å². The third-order valence-corrected chi connectivity index (χ3v) is 16.6. The first-order valence-corrected chi connectivity index (χ1v) is 21.8. The highest BCUT2D eigenvalue weighted by atomic mass is 28.3. The zero-order valence-electron chi connectivity index (χ0n) is 31.7. The SMILES string of the molecule is c1ccc(N(c2ccccc2)c2ccc3c(c2)oc2cc(-c4ccc5c(c4)N(c4ccccc4)c4ccccc4[Si]5(c4ccccc4)c4ccccc4)ccc23)cc1. The molecule has 0 saturated carbocycles. The third kappa shape index (κ3) is 5.41. The maximum Gasteiger partial charge on any atom is 0.184 e. The first kappa shape index (κ1) is 33.9. The van der Waals surface area contributed by atoms with Gasteiger partial charge in [-0.2, -0.15) is 0 Å². The lowest BCUT2D eigenvalue weighted by Gasteiger charge is -2.45. The molecule has 0 N–H and O–H groups in total. The number of para-hydroxylation sites is 4. The van der Waals surface area contributed by atoms with E-state index in [1.165, 1.54) is 32.1 Å². The van der Waals surface area contributed by atoms with E-state index in [2.05, 4.69) is 240 Å². The molecule has 0 fully saturated rings. The van der Waals surface area contributed by atoms with Crippen molar-refractivity contribution < 1.29 is 4.42 Å². The second-order valence-electron chi connectivity index (χ2n) is 14.9. The van der Waals surface area contributed by atoms with E-state index in [0.29, 0.717) is 0 Å². The van der Waals surface area contributed by atoms with Crippen LogP contribution in [0.15, 0.2) is 235 Å². The summed E-state index contributed by atoms with van der Waals surface area (Å²) in [5.41, 5.74) is 10.8. The van der Waals surface area contributed by atoms with Crippen molar-refractivity contribution in [2.24, 2.45) is 0 Å². The van der Waals surface area contributed by atoms with E-state index < -0.39 is 8.07 Å². The maximum atomic E-state index is 6.75. The van der Waals surface area contributed by atoms with Crippen molar-refractivity contribution in [3.05, 3.63) is 231 Å². The summed E-state index contributed by atoms with van der Waals surface area (Å²) in [7, 11) is -2.77. The van der Waals surface area contributed by atoms with Gasteiger partial charge in [0.15, 0.2) is 8.07 Å². The summed E-state index contributed by atoms with van der Waals surface area (Å²) in [6.07, 6.45) is 0. The number of hydrogen-bond acceptors (Lipinski definition) is 3. The Morgan fingerprint density at radius 3 is 1.48 bits per heavy atom. The van der Waals surface area contributed by atoms with Crippen molar-refractivity contribution in [3.8, 4) is 11.1 Å². The van der Waals surface area contributed by atoms with E-state index in [-0.39, 0.29) is 0 Å². The molecule has 9 aromatic carbocycles. The Bertz CT molecular complexity index is 2980. The number of benzene rings is 9. The molecule has 0 unspecified atom stereocenters. The largest absolute Gasteiger partial charge is 0.456 e. The number of fused-ring (bicyclic) bond motifs is 5. The summed E-state index contributed by atoms with van der Waals surface area (Å²) >= 11 is 0. The molecular weight excluding hydrogens is 721 g/mol. The molecule has 0 atom stereocenters. The van der Waals surface area contributed by atoms with Crippen molar-refractivity contribution >= 4 is 84.9 Å². The van der Waals surface area contributed by atoms with Gasteiger partial charge in [0.2, 0.25) is 0 Å². The molecule has 2 heterocycles. The first-order valence-electron chi connectivity index (χ1n) is 19.8. The Morgan fingerprint density at radius 1 is 0.362 bits per heavy atom. The van der Waals surface area contributed by atoms with Crippen LogP contribution in [0.4, 0.5) is 34.1 Å². The molecule has 0 saturated heterocycles. The number of rotatable bonds is 7. The topological polar surface area (TPSA) is 19.6 Å². The van der Waals surface area contributed by atoms with Gasteiger partial charge < -0.3 is 14.2 Å². The molecule has 3 nitrogen and oxygen atoms in total. The van der Waals surface area contributed by atoms with Crippen LogP contribution in [0.5, 0.6) is 0 Å². The average molecular weight is 759 g/mol. The summed E-state index contributed by atoms with van der Waals surface area (Å²) in [6, 6.07) is 83.6. The van der Waals surface area contributed by atoms with E-state index in [0.717, 1.165) is 55.8 Å². The van der Waals surface area contributed by atoms with Crippen LogP contribution in [0.1, 0.15) is 0 Å². The summed E-state index contributed by atoms with van der Waals surface area (Å²) < 4.78 is 6.75. The molecular formula is C54H38N2OSi. The van der Waals surface area contributed by atoms with Crippen LogP contribution >= 0.6 is 0 Å². The monoisotopic (exact) mass is 758 g/mol. The summed E-state index contributed by atoms with van der Waals surface area (Å²) in [5, 5.41) is 7.71. The van der Waals surface area contributed by atoms with Crippen molar-refractivity contribution in [1.82, 2.24) is 0 Å². The van der Waals surface area contributed by atoms with Crippen LogP contribution in [-0.2, 0) is 0 Å². The fourth-order valence-electron chi connectivity index (χ4n) is 9.18. The van der Waals surface area contributed by atoms with Crippen LogP contribution < -0.4 is 30.5 Å². The van der Waals surface area contributed by atoms with Gasteiger partial charge in [-0.1, -0.05) is 152 Å². The predicted molar refractivity (Wildman–Crippen MR) is 246 cm³/mol. The van der Waals surface area contributed by atoms with Gasteiger partial charge in [0.1, 0.15) is 11.2 Å². The maximum absolute atomic E-state index is 6.75. The second-order valence-corrected chi connectivity index (χ2v) is 18.6. The van der Waals surface area contributed by atoms with Crippen LogP contribution in [0.25, 0.3) is 33.1 Å². The fourth-order valence-corrected chi connectivity index (χ4v) is 14.3. The van der Waals surface area contributed by atoms with E-state index in [9.17, 15) is 0 Å². The summed E-state index contributed by atoms with van der Waals surface area (Å²) in [5.74, 6) is 0. The molecule has 10 aromatic rings. The summed E-state index contributed by atoms with van der Waals surface area (Å²) in [4.78, 5) is 4.74. The third-order valence-electron chi connectivity index (χ3n) is 11.7. The highest BCUT2D eigenvalue weighted by Gasteiger charge is 2.48. The number of furan rings is 1. The molecule has 0 radical (unpaired) electrons. The molecule has 4 heteroatoms. The second kappa shape index (κ2) is 14.0. The molecule has 1 aliphatic heterocycles. The van der Waals surface area contributed by atoms with Crippen LogP contribution in [0.2, 0.25) is 0 Å². The Balaban J connectivity index is 1.09. The standard InChI is InChI=1S/C54H38N2OSi/c1-6-18-41(19-7-1)55(42-20-8-2-9-21-42)44-32-34-48-47-33-30-40(37-51(47)57-52(48)38-44)39-31-35-54-50(36-39)56(43-22-10-3-11-23-43)49-28-16-17-29-53(49)58(54,45-24-12-4-13-25-45)46-26-14-5-15-27-46/h1-38H. The zero-order valence-corrected chi connectivity index (χ0v) is 32.7. The molecule has 0 amide bonds. The lowest BCUT2D eigenvalue weighted by molar-refractivity contribution is 0.669. The minimum atomic E-state index is -2.77. The molecule has 0 spiro atoms. The lowest BCUT2D eigenvalue weighted by atomic mass is 10.0. The van der Waals surface area contributed by atoms with Crippen LogP contribution in [-0.4, -0.2) is 8.07 Å². The normalized spacial score (nSPS) is 12.9. The quantitative estimate of drug-likeness (QED) is 0.151. The number of anilines is 6. The molecule has 0 aliphatic carbocycles. The molecule has 1 aromatic heterocycles. The highest BCUT2D eigenvalue weighted by Crippen LogP contribution is 2.42. The minimum absolute atomic E-state index is 0.861. The number of hydrogen-bond donors (Lipinski definition) is 0. The number of nitrogens with zero attached hydrogens (tertiary/aromatic N) is 2. The van der Waals surface area contributed by atoms with Gasteiger partial charge >= 0.3 is 0 Å². The van der Waals surface area contributed by atoms with Gasteiger partial charge in [0, 0.05) is 51.0 Å². The Morgan fingerprint density at radius 2 is 0.845 bits per heavy atom. The fraction of sp³-hybridized carbons (Fsp3) is 0. The van der Waals surface area contributed by atoms with E-state index in [4.69, 9.17) is 4.42 Å². The van der Waals surface area contributed by atoms with Gasteiger partial charge in [-0.15, -0.1) is 0 Å². The van der Waals surface area contributed by atoms with Crippen molar-refractivity contribution in [2.75, 3.05) is 9.80 Å². The van der Waals surface area contributed by atoms with Crippen molar-refractivity contribution in [2.45, 2.75) is 0 Å². The Hall–Kier alpha value is -7.40. The van der Waals surface area contributed by atoms with Gasteiger partial charge in [-0.25, -0.2) is 0 Å². The molecule has 1 aliphatic rings. The van der Waals surface area contributed by atoms with E-state index >= 15 is 0 Å². The molecule has 58 heavy (non-hydrogen) atoms. The molecule has 274 valence electrons. The van der Waals surface area contributed by atoms with Crippen LogP contribution in [0.3, 0.4) is 0 Å². The van der Waals surface area contributed by atoms with E-state index in [1.807, 2.05) is 0 Å². The van der Waals surface area contributed by atoms with Gasteiger partial charge in [-0.05, 0) is 105 Å². The minimum Gasteiger partial charge on any atom is -0.456 e. The predicted octanol–water partition coefficient (Wildman–Crippen LogP) is 11.9. The van der Waals surface area contributed by atoms with Crippen LogP contribution in [0, 0.1) is 0 Å². The van der Waals surface area contributed by atoms with Gasteiger partial charge in [0.05, 0.1) is 0 Å². The van der Waals surface area contributed by atoms with E-state index in [1.54, 1.807) is 0 Å². The Labute approximate surface area is 339 Å². The van der Waals surface area contributed by atoms with Crippen molar-refractivity contribution in [3.63, 3.8) is 0 Å². The first-order chi connectivity index (χ1) is 28.8. The Kier molecular flexibility index (Phi) is 8.16. The zero-order chi connectivity index (χ0) is 38.5. The van der Waals surface area contributed by atoms with Gasteiger partial charge in [0.25, 0.3) is 0 Å². The smallest absolute Gasteiger partial charge is 0.184 e. The average Bonchev–Trinajstić information content (AvgIpc) is 3.67. The molecule has 0 bridgehead atoms. The lowest BCUT2D eigenvalue weighted by Crippen LogP contribution is -2.77. The van der Waals surface area contributed by atoms with Gasteiger partial charge in [-0.3, -0.25) is 0 Å². The molecule has 11 rings (SSSR count).